The smallest absolute Gasteiger partial charge is 0.356 e. The summed E-state index contributed by atoms with van der Waals surface area (Å²) >= 11 is 0. The van der Waals surface area contributed by atoms with Crippen LogP contribution >= 0.6 is 0 Å². The average Bonchev–Trinajstić information content (AvgIpc) is 0.946. The fourth-order valence-electron chi connectivity index (χ4n) is 7.02. The van der Waals surface area contributed by atoms with Gasteiger partial charge in [-0.3, -0.25) is 38.2 Å². The molecular formula is C66H42F10Ir5N13O4-5. The molecule has 0 unspecified atom stereocenters. The zero-order chi connectivity index (χ0) is 67.6. The number of hydrogen-bond donors (Lipinski definition) is 2. The summed E-state index contributed by atoms with van der Waals surface area (Å²) < 4.78 is 131. The monoisotopic (exact) mass is 2240 g/mol. The minimum Gasteiger partial charge on any atom is -0.477 e. The second-order valence-electron chi connectivity index (χ2n) is 18.0. The standard InChI is InChI=1S/C13H7F2N2.C11H7F2N2.3C10H5F2N2.C6H8N2O2.C6H5NO2.5Ir/c1-8-5-6-17-11(7-8)9-3-4-10(14)13(16-2)12(9)15;1-7-4-5-14-9(6-7)8-2-3-10(12)15-11(8)13;3*11-9-5-4-7(10(12)14-9)8-3-1-2-6-13-8;1-4-3-5(6(9)10)7-8(4)2;8-6(9)5-3-1-2-4-7-5;;;;;/h4-7H,1H3;3-6H,1H3;3*1-3,5-6H;3H,1-2H3,(H,9,10);1-4H,(H,8,9);;;;;/q5*-1;;;;;;;. The molecule has 515 valence electrons. The van der Waals surface area contributed by atoms with Crippen molar-refractivity contribution >= 4 is 17.6 Å². The number of benzene rings is 1. The van der Waals surface area contributed by atoms with E-state index in [-0.39, 0.29) is 140 Å². The molecule has 0 saturated carbocycles. The van der Waals surface area contributed by atoms with Crippen LogP contribution in [-0.2, 0) is 108 Å². The molecule has 12 aromatic rings. The zero-order valence-electron chi connectivity index (χ0n) is 50.1. The van der Waals surface area contributed by atoms with E-state index >= 15 is 0 Å². The first-order valence-electron chi connectivity index (χ1n) is 26.2. The minimum absolute atomic E-state index is 0. The number of carboxylic acid groups (broad SMARTS) is 2. The number of carboxylic acids is 2. The van der Waals surface area contributed by atoms with Gasteiger partial charge >= 0.3 is 11.9 Å². The zero-order valence-corrected chi connectivity index (χ0v) is 62.1. The predicted molar refractivity (Wildman–Crippen MR) is 315 cm³/mol. The van der Waals surface area contributed by atoms with Crippen molar-refractivity contribution in [2.75, 3.05) is 0 Å². The first-order chi connectivity index (χ1) is 44.5. The van der Waals surface area contributed by atoms with E-state index in [2.05, 4.69) is 90.1 Å². The van der Waals surface area contributed by atoms with Gasteiger partial charge in [0.2, 0.25) is 0 Å². The molecule has 32 heteroatoms. The molecule has 2 N–H and O–H groups in total. The number of aromatic carboxylic acids is 2. The Morgan fingerprint density at radius 2 is 0.745 bits per heavy atom. The number of pyridine rings is 10. The van der Waals surface area contributed by atoms with Crippen molar-refractivity contribution in [3.63, 3.8) is 0 Å². The van der Waals surface area contributed by atoms with Crippen molar-refractivity contribution in [1.82, 2.24) is 59.6 Å². The summed E-state index contributed by atoms with van der Waals surface area (Å²) in [5.74, 6) is -10.9. The quantitative estimate of drug-likeness (QED) is 0.0859. The molecule has 17 nitrogen and oxygen atoms in total. The van der Waals surface area contributed by atoms with Crippen LogP contribution in [0.4, 0.5) is 49.6 Å². The van der Waals surface area contributed by atoms with Gasteiger partial charge < -0.3 is 35.1 Å². The van der Waals surface area contributed by atoms with Crippen LogP contribution in [0.15, 0.2) is 171 Å². The van der Waals surface area contributed by atoms with Crippen LogP contribution in [0.1, 0.15) is 37.8 Å². The molecule has 0 amide bonds. The predicted octanol–water partition coefficient (Wildman–Crippen LogP) is 14.1. The molecule has 0 aliphatic rings. The molecule has 0 aliphatic carbocycles. The van der Waals surface area contributed by atoms with Crippen LogP contribution in [0.25, 0.3) is 61.1 Å². The maximum absolute atomic E-state index is 13.8. The second-order valence-corrected chi connectivity index (χ2v) is 18.0. The normalized spacial score (nSPS) is 9.48. The van der Waals surface area contributed by atoms with Crippen LogP contribution in [0, 0.1) is 117 Å². The van der Waals surface area contributed by atoms with E-state index in [0.717, 1.165) is 47.2 Å². The maximum atomic E-state index is 13.8. The van der Waals surface area contributed by atoms with E-state index in [1.807, 2.05) is 13.8 Å². The first-order valence-corrected chi connectivity index (χ1v) is 26.2. The van der Waals surface area contributed by atoms with Gasteiger partial charge in [0.25, 0.3) is 0 Å². The fraction of sp³-hybridized carbons (Fsp3) is 0.0606. The number of hydrogen-bond acceptors (Lipinski definition) is 13. The largest absolute Gasteiger partial charge is 0.477 e. The summed E-state index contributed by atoms with van der Waals surface area (Å²) in [7, 11) is 1.71. The molecule has 11 heterocycles. The van der Waals surface area contributed by atoms with Gasteiger partial charge in [0.15, 0.2) is 11.4 Å². The molecule has 12 rings (SSSR count). The van der Waals surface area contributed by atoms with Crippen molar-refractivity contribution in [2.45, 2.75) is 20.8 Å². The summed E-state index contributed by atoms with van der Waals surface area (Å²) in [5.41, 5.74) is 4.47. The average molecular weight is 2230 g/mol. The van der Waals surface area contributed by atoms with Gasteiger partial charge in [-0.2, -0.15) is 5.10 Å². The summed E-state index contributed by atoms with van der Waals surface area (Å²) in [6, 6.07) is 45.4. The molecule has 11 aromatic heterocycles. The molecule has 5 radical (unpaired) electrons. The van der Waals surface area contributed by atoms with E-state index < -0.39 is 76.8 Å². The maximum Gasteiger partial charge on any atom is 0.356 e. The van der Waals surface area contributed by atoms with Gasteiger partial charge in [-0.15, -0.1) is 42.0 Å². The van der Waals surface area contributed by atoms with E-state index in [1.54, 1.807) is 111 Å². The minimum atomic E-state index is -0.990. The molecule has 1 aromatic carbocycles. The molecule has 98 heavy (non-hydrogen) atoms. The molecule has 0 aliphatic heterocycles. The van der Waals surface area contributed by atoms with Gasteiger partial charge in [-0.25, -0.2) is 49.7 Å². The van der Waals surface area contributed by atoms with Crippen LogP contribution in [0.2, 0.25) is 0 Å². The Kier molecular flexibility index (Phi) is 39.0. The Bertz CT molecular complexity index is 4310. The van der Waals surface area contributed by atoms with Crippen molar-refractivity contribution in [1.29, 1.82) is 0 Å². The number of rotatable bonds is 7. The molecular weight excluding hydrogens is 2190 g/mol. The molecule has 0 bridgehead atoms. The topological polar surface area (TPSA) is 226 Å². The Morgan fingerprint density at radius 1 is 0.418 bits per heavy atom. The summed E-state index contributed by atoms with van der Waals surface area (Å²) in [6.07, 6.45) is 9.09. The van der Waals surface area contributed by atoms with E-state index in [9.17, 15) is 53.5 Å². The first kappa shape index (κ1) is 86.9. The van der Waals surface area contributed by atoms with E-state index in [0.29, 0.717) is 28.5 Å². The SMILES string of the molecule is Cc1cc(C(=O)O)nn1C.Cc1ccnc(-c2[c-]cc(F)nc2F)c1.Fc1c[c-]c(-c2ccccn2)c(F)n1.Fc1c[c-]c(-c2ccccn2)c(F)n1.Fc1c[c-]c(-c2ccccn2)c(F)n1.O=C(O)c1ccccn1.[C-]#[N+]c1c(F)c[c-]c(-c2cc(C)ccn2)c1F.[Ir].[Ir].[Ir].[Ir].[Ir]. The van der Waals surface area contributed by atoms with Crippen LogP contribution in [0.3, 0.4) is 0 Å². The Labute approximate surface area is 620 Å². The second kappa shape index (κ2) is 44.0. The third kappa shape index (κ3) is 27.1. The summed E-state index contributed by atoms with van der Waals surface area (Å²) in [6.45, 7) is 12.2. The van der Waals surface area contributed by atoms with Gasteiger partial charge in [-0.05, 0) is 97.8 Å². The molecule has 0 saturated heterocycles. The number of aryl methyl sites for hydroxylation is 4. The van der Waals surface area contributed by atoms with Crippen molar-refractivity contribution in [3.05, 3.63) is 300 Å². The van der Waals surface area contributed by atoms with E-state index in [4.69, 9.17) is 16.8 Å². The number of nitrogens with zero attached hydrogens (tertiary/aromatic N) is 13. The fourth-order valence-corrected chi connectivity index (χ4v) is 7.02. The van der Waals surface area contributed by atoms with E-state index in [1.165, 1.54) is 47.8 Å². The third-order valence-electron chi connectivity index (χ3n) is 11.4. The number of halogens is 10. The number of carbonyl (C=O) groups is 2. The Morgan fingerprint density at radius 3 is 1.01 bits per heavy atom. The van der Waals surface area contributed by atoms with Crippen molar-refractivity contribution in [3.8, 4) is 56.3 Å². The Hall–Kier alpha value is -9.09. The Balaban J connectivity index is 0.000000571. The van der Waals surface area contributed by atoms with Gasteiger partial charge in [0.05, 0.1) is 6.57 Å². The van der Waals surface area contributed by atoms with Gasteiger partial charge in [0, 0.05) is 162 Å². The van der Waals surface area contributed by atoms with Gasteiger partial charge in [0.1, 0.15) is 53.3 Å². The molecule has 0 spiro atoms. The molecule has 0 atom stereocenters. The van der Waals surface area contributed by atoms with Crippen molar-refractivity contribution < 1.29 is 164 Å². The summed E-state index contributed by atoms with van der Waals surface area (Å²) in [5, 5.41) is 20.5. The third-order valence-corrected chi connectivity index (χ3v) is 11.4. The van der Waals surface area contributed by atoms with Crippen LogP contribution in [0.5, 0.6) is 0 Å². The molecule has 0 fully saturated rings. The van der Waals surface area contributed by atoms with Crippen LogP contribution < -0.4 is 0 Å². The number of aromatic nitrogens is 12. The van der Waals surface area contributed by atoms with Gasteiger partial charge in [-0.1, -0.05) is 112 Å². The van der Waals surface area contributed by atoms with Crippen molar-refractivity contribution in [2.24, 2.45) is 7.05 Å². The summed E-state index contributed by atoms with van der Waals surface area (Å²) in [4.78, 5) is 58.7. The van der Waals surface area contributed by atoms with Crippen LogP contribution in [-0.4, -0.2) is 81.8 Å².